The van der Waals surface area contributed by atoms with Gasteiger partial charge < -0.3 is 34.1 Å². The van der Waals surface area contributed by atoms with Gasteiger partial charge in [-0.2, -0.15) is 0 Å². The van der Waals surface area contributed by atoms with Crippen LogP contribution in [-0.4, -0.2) is 80.3 Å². The fourth-order valence-electron chi connectivity index (χ4n) is 6.29. The number of carbonyl (C=O) groups is 2. The molecule has 9 nitrogen and oxygen atoms in total. The van der Waals surface area contributed by atoms with E-state index >= 15 is 0 Å². The van der Waals surface area contributed by atoms with E-state index in [1.54, 1.807) is 21.1 Å². The van der Waals surface area contributed by atoms with Crippen molar-refractivity contribution in [3.05, 3.63) is 87.9 Å². The molecular weight excluding hydrogens is 650 g/mol. The monoisotopic (exact) mass is 689 g/mol. The Bertz CT molecular complexity index is 1570. The van der Waals surface area contributed by atoms with E-state index in [9.17, 15) is 9.59 Å². The Hall–Kier alpha value is -4.02. The standard InChI is InChI=1S/C36H40BrN3O6/c1-23(41)39-21-27-18-33(25-4-10-29(11-5-25)45-14-15-46-30-12-6-26(37)7-13-30)35(34(22-39)38-27)36(42)40(28-8-9-28)20-24-16-31(43-2)19-32(17-24)44-3/h4-7,10-13,16-17,19,27-28,34,38H,8-9,14-15,18,20-22H2,1-3H3. The summed E-state index contributed by atoms with van der Waals surface area (Å²) < 4.78 is 23.7. The molecule has 1 aliphatic carbocycles. The van der Waals surface area contributed by atoms with Crippen molar-refractivity contribution in [2.24, 2.45) is 0 Å². The SMILES string of the molecule is COc1cc(CN(C(=O)C2=C(c3ccc(OCCOc4ccc(Br)cc4)cc3)CC3CN(C(C)=O)CC2N3)C2CC2)cc(OC)c1. The smallest absolute Gasteiger partial charge is 0.252 e. The van der Waals surface area contributed by atoms with E-state index in [1.807, 2.05) is 76.5 Å². The summed E-state index contributed by atoms with van der Waals surface area (Å²) in [6.45, 7) is 3.94. The lowest BCUT2D eigenvalue weighted by molar-refractivity contribution is -0.132. The molecule has 2 heterocycles. The first-order valence-electron chi connectivity index (χ1n) is 15.7. The topological polar surface area (TPSA) is 89.6 Å². The van der Waals surface area contributed by atoms with E-state index < -0.39 is 0 Å². The van der Waals surface area contributed by atoms with Crippen LogP contribution in [0.25, 0.3) is 5.57 Å². The van der Waals surface area contributed by atoms with Gasteiger partial charge in [0.2, 0.25) is 5.91 Å². The van der Waals surface area contributed by atoms with Gasteiger partial charge in [-0.1, -0.05) is 28.1 Å². The number of fused-ring (bicyclic) bond motifs is 2. The quantitative estimate of drug-likeness (QED) is 0.253. The molecule has 3 aliphatic rings. The lowest BCUT2D eigenvalue weighted by Gasteiger charge is -2.44. The fourth-order valence-corrected chi connectivity index (χ4v) is 6.55. The zero-order chi connectivity index (χ0) is 32.2. The number of carbonyl (C=O) groups excluding carboxylic acids is 2. The first-order chi connectivity index (χ1) is 22.3. The minimum Gasteiger partial charge on any atom is -0.497 e. The zero-order valence-corrected chi connectivity index (χ0v) is 28.0. The first-order valence-corrected chi connectivity index (χ1v) is 16.5. The minimum atomic E-state index is -0.258. The maximum absolute atomic E-state index is 14.7. The predicted octanol–water partition coefficient (Wildman–Crippen LogP) is 5.46. The Morgan fingerprint density at radius 3 is 2.04 bits per heavy atom. The second-order valence-electron chi connectivity index (χ2n) is 12.0. The summed E-state index contributed by atoms with van der Waals surface area (Å²) in [6, 6.07) is 21.4. The number of methoxy groups -OCH3 is 2. The maximum Gasteiger partial charge on any atom is 0.252 e. The van der Waals surface area contributed by atoms with Crippen molar-refractivity contribution in [3.8, 4) is 23.0 Å². The van der Waals surface area contributed by atoms with Crippen LogP contribution in [0.2, 0.25) is 0 Å². The van der Waals surface area contributed by atoms with Crippen LogP contribution in [0.4, 0.5) is 0 Å². The largest absolute Gasteiger partial charge is 0.497 e. The van der Waals surface area contributed by atoms with Gasteiger partial charge in [0.05, 0.1) is 20.3 Å². The van der Waals surface area contributed by atoms with Gasteiger partial charge in [0.15, 0.2) is 0 Å². The Balaban J connectivity index is 1.24. The molecule has 1 saturated heterocycles. The Morgan fingerprint density at radius 2 is 1.48 bits per heavy atom. The van der Waals surface area contributed by atoms with Crippen LogP contribution in [0.3, 0.4) is 0 Å². The van der Waals surface area contributed by atoms with Gasteiger partial charge in [0.1, 0.15) is 36.2 Å². The highest BCUT2D eigenvalue weighted by Crippen LogP contribution is 2.38. The third-order valence-corrected chi connectivity index (χ3v) is 9.26. The molecule has 0 radical (unpaired) electrons. The van der Waals surface area contributed by atoms with E-state index in [0.29, 0.717) is 50.8 Å². The lowest BCUT2D eigenvalue weighted by atomic mass is 9.82. The van der Waals surface area contributed by atoms with Gasteiger partial charge in [-0.05, 0) is 84.5 Å². The second kappa shape index (κ2) is 14.2. The molecule has 1 saturated carbocycles. The third kappa shape index (κ3) is 7.50. The summed E-state index contributed by atoms with van der Waals surface area (Å²) in [5.74, 6) is 2.93. The van der Waals surface area contributed by atoms with Gasteiger partial charge in [-0.15, -0.1) is 0 Å². The Labute approximate surface area is 278 Å². The number of nitrogens with one attached hydrogen (secondary N) is 1. The number of halogens is 1. The number of piperazine rings is 1. The molecule has 1 N–H and O–H groups in total. The molecule has 2 unspecified atom stereocenters. The van der Waals surface area contributed by atoms with Crippen LogP contribution in [-0.2, 0) is 16.1 Å². The molecule has 2 amide bonds. The summed E-state index contributed by atoms with van der Waals surface area (Å²) in [5.41, 5.74) is 3.70. The highest BCUT2D eigenvalue weighted by atomic mass is 79.9. The van der Waals surface area contributed by atoms with Gasteiger partial charge in [0.25, 0.3) is 5.91 Å². The molecule has 0 spiro atoms. The van der Waals surface area contributed by atoms with Crippen LogP contribution >= 0.6 is 15.9 Å². The molecule has 242 valence electrons. The van der Waals surface area contributed by atoms with Crippen LogP contribution in [0.15, 0.2) is 76.8 Å². The maximum atomic E-state index is 14.7. The van der Waals surface area contributed by atoms with Crippen LogP contribution in [0.1, 0.15) is 37.3 Å². The van der Waals surface area contributed by atoms with Crippen molar-refractivity contribution in [2.75, 3.05) is 40.5 Å². The molecule has 2 atom stereocenters. The van der Waals surface area contributed by atoms with Gasteiger partial charge >= 0.3 is 0 Å². The van der Waals surface area contributed by atoms with Crippen LogP contribution in [0, 0.1) is 0 Å². The van der Waals surface area contributed by atoms with Crippen molar-refractivity contribution in [2.45, 2.75) is 50.9 Å². The number of hydrogen-bond acceptors (Lipinski definition) is 7. The van der Waals surface area contributed by atoms with E-state index in [0.717, 1.165) is 51.1 Å². The molecule has 6 rings (SSSR count). The van der Waals surface area contributed by atoms with Crippen molar-refractivity contribution in [3.63, 3.8) is 0 Å². The number of rotatable bonds is 12. The van der Waals surface area contributed by atoms with Gasteiger partial charge in [-0.3, -0.25) is 9.59 Å². The summed E-state index contributed by atoms with van der Waals surface area (Å²) in [7, 11) is 3.25. The summed E-state index contributed by atoms with van der Waals surface area (Å²) >= 11 is 3.43. The van der Waals surface area contributed by atoms with Gasteiger partial charge in [-0.25, -0.2) is 0 Å². The lowest BCUT2D eigenvalue weighted by Crippen LogP contribution is -2.61. The number of hydrogen-bond donors (Lipinski definition) is 1. The summed E-state index contributed by atoms with van der Waals surface area (Å²) in [5, 5.41) is 3.66. The van der Waals surface area contributed by atoms with E-state index in [2.05, 4.69) is 21.2 Å². The summed E-state index contributed by atoms with van der Waals surface area (Å²) in [4.78, 5) is 30.9. The average molecular weight is 691 g/mol. The number of ether oxygens (including phenoxy) is 4. The molecule has 3 aromatic rings. The number of nitrogens with zero attached hydrogens (tertiary/aromatic N) is 2. The minimum absolute atomic E-state index is 0.00561. The molecule has 46 heavy (non-hydrogen) atoms. The second-order valence-corrected chi connectivity index (χ2v) is 12.9. The van der Waals surface area contributed by atoms with E-state index in [1.165, 1.54) is 0 Å². The van der Waals surface area contributed by atoms with Crippen LogP contribution in [0.5, 0.6) is 23.0 Å². The number of amides is 2. The zero-order valence-electron chi connectivity index (χ0n) is 26.5. The number of benzene rings is 3. The molecule has 2 bridgehead atoms. The first kappa shape index (κ1) is 31.9. The van der Waals surface area contributed by atoms with Gasteiger partial charge in [0, 0.05) is 54.8 Å². The van der Waals surface area contributed by atoms with Crippen molar-refractivity contribution >= 4 is 33.3 Å². The third-order valence-electron chi connectivity index (χ3n) is 8.73. The van der Waals surface area contributed by atoms with E-state index in [4.69, 9.17) is 18.9 Å². The molecule has 2 fully saturated rings. The Morgan fingerprint density at radius 1 is 0.870 bits per heavy atom. The molecule has 0 aromatic heterocycles. The van der Waals surface area contributed by atoms with Crippen molar-refractivity contribution in [1.29, 1.82) is 0 Å². The average Bonchev–Trinajstić information content (AvgIpc) is 3.91. The van der Waals surface area contributed by atoms with Crippen molar-refractivity contribution in [1.82, 2.24) is 15.1 Å². The van der Waals surface area contributed by atoms with Crippen molar-refractivity contribution < 1.29 is 28.5 Å². The fraction of sp³-hybridized carbons (Fsp3) is 0.389. The summed E-state index contributed by atoms with van der Waals surface area (Å²) in [6.07, 6.45) is 2.58. The molecule has 10 heteroatoms. The van der Waals surface area contributed by atoms with Crippen LogP contribution < -0.4 is 24.3 Å². The molecule has 3 aromatic carbocycles. The normalized spacial score (nSPS) is 19.0. The highest BCUT2D eigenvalue weighted by molar-refractivity contribution is 9.10. The molecule has 2 aliphatic heterocycles. The van der Waals surface area contributed by atoms with E-state index in [-0.39, 0.29) is 29.9 Å². The Kier molecular flexibility index (Phi) is 9.84. The molecular formula is C36H40BrN3O6. The predicted molar refractivity (Wildman–Crippen MR) is 179 cm³/mol. The highest BCUT2D eigenvalue weighted by Gasteiger charge is 2.43.